The minimum absolute atomic E-state index is 0.0531. The van der Waals surface area contributed by atoms with E-state index >= 15 is 0 Å². The number of nitrogens with two attached hydrogens (primary N) is 2. The largest absolute Gasteiger partial charge is 0.367 e. The number of hydrogen-bond acceptors (Lipinski definition) is 6. The Morgan fingerprint density at radius 2 is 2.24 bits per heavy atom. The Balaban J connectivity index is 0.000000219. The Morgan fingerprint density at radius 3 is 2.76 bits per heavy atom. The van der Waals surface area contributed by atoms with E-state index < -0.39 is 5.91 Å². The van der Waals surface area contributed by atoms with Crippen molar-refractivity contribution < 1.29 is 4.79 Å². The van der Waals surface area contributed by atoms with Crippen molar-refractivity contribution in [2.24, 2.45) is 11.7 Å². The monoisotopic (exact) mass is 338 g/mol. The number of hydrogen-bond donors (Lipinski definition) is 3. The molecule has 9 heteroatoms. The van der Waals surface area contributed by atoms with E-state index in [4.69, 9.17) is 16.7 Å². The number of nitrogen functional groups attached to an aromatic ring is 1. The third kappa shape index (κ3) is 3.42. The lowest BCUT2D eigenvalue weighted by atomic mass is 9.84. The van der Waals surface area contributed by atoms with Crippen LogP contribution in [0.1, 0.15) is 36.2 Å². The van der Waals surface area contributed by atoms with Crippen LogP contribution >= 0.6 is 0 Å². The summed E-state index contributed by atoms with van der Waals surface area (Å²) >= 11 is 0. The Labute approximate surface area is 143 Å². The number of amides is 1. The summed E-state index contributed by atoms with van der Waals surface area (Å²) in [6.45, 7) is 0. The number of aromatic nitrogens is 5. The van der Waals surface area contributed by atoms with Gasteiger partial charge in [-0.05, 0) is 30.9 Å². The fourth-order valence-corrected chi connectivity index (χ4v) is 2.62. The quantitative estimate of drug-likeness (QED) is 0.658. The summed E-state index contributed by atoms with van der Waals surface area (Å²) in [5.74, 6) is 0.244. The fourth-order valence-electron chi connectivity index (χ4n) is 2.62. The number of fused-ring (bicyclic) bond motifs is 1. The normalized spacial score (nSPS) is 13.6. The number of nitriles is 1. The highest BCUT2D eigenvalue weighted by atomic mass is 16.1. The molecule has 0 unspecified atom stereocenters. The Bertz CT molecular complexity index is 918. The van der Waals surface area contributed by atoms with Crippen LogP contribution in [0.5, 0.6) is 0 Å². The maximum absolute atomic E-state index is 11.3. The van der Waals surface area contributed by atoms with E-state index in [1.54, 1.807) is 24.5 Å². The molecule has 1 aliphatic rings. The van der Waals surface area contributed by atoms with E-state index in [1.807, 2.05) is 0 Å². The van der Waals surface area contributed by atoms with Crippen LogP contribution in [-0.4, -0.2) is 30.7 Å². The summed E-state index contributed by atoms with van der Waals surface area (Å²) in [4.78, 5) is 15.4. The first-order chi connectivity index (χ1) is 12.1. The van der Waals surface area contributed by atoms with Crippen molar-refractivity contribution in [3.8, 4) is 17.3 Å². The van der Waals surface area contributed by atoms with Crippen LogP contribution in [0.3, 0.4) is 0 Å². The third-order valence-electron chi connectivity index (χ3n) is 4.16. The molecular formula is C16H18N8O. The number of nitrogens with zero attached hydrogens (tertiary/aromatic N) is 5. The number of aromatic amines is 1. The van der Waals surface area contributed by atoms with Gasteiger partial charge in [-0.1, -0.05) is 6.42 Å². The van der Waals surface area contributed by atoms with Gasteiger partial charge in [0.15, 0.2) is 0 Å². The topological polar surface area (TPSA) is 152 Å². The molecule has 3 heterocycles. The van der Waals surface area contributed by atoms with Gasteiger partial charge in [-0.3, -0.25) is 9.89 Å². The Morgan fingerprint density at radius 1 is 1.44 bits per heavy atom. The first-order valence-electron chi connectivity index (χ1n) is 7.91. The highest BCUT2D eigenvalue weighted by Gasteiger charge is 2.16. The Hall–Kier alpha value is -3.41. The predicted octanol–water partition coefficient (Wildman–Crippen LogP) is 1.50. The van der Waals surface area contributed by atoms with E-state index in [2.05, 4.69) is 26.3 Å². The van der Waals surface area contributed by atoms with Crippen molar-refractivity contribution in [2.75, 3.05) is 5.73 Å². The van der Waals surface area contributed by atoms with E-state index in [0.717, 1.165) is 17.9 Å². The smallest absolute Gasteiger partial charge is 0.267 e. The number of carbonyl (C=O) groups is 1. The molecule has 4 rings (SSSR count). The van der Waals surface area contributed by atoms with Crippen LogP contribution < -0.4 is 11.5 Å². The molecule has 0 aliphatic heterocycles. The molecule has 128 valence electrons. The van der Waals surface area contributed by atoms with Crippen LogP contribution in [0.25, 0.3) is 16.8 Å². The molecule has 5 N–H and O–H groups in total. The maximum Gasteiger partial charge on any atom is 0.267 e. The van der Waals surface area contributed by atoms with Gasteiger partial charge >= 0.3 is 0 Å². The minimum atomic E-state index is -0.578. The molecule has 0 bridgehead atoms. The number of primary amides is 1. The van der Waals surface area contributed by atoms with Crippen LogP contribution in [-0.2, 0) is 0 Å². The molecular weight excluding hydrogens is 320 g/mol. The first-order valence-corrected chi connectivity index (χ1v) is 7.91. The standard InChI is InChI=1S/C10H9N7O.C6H9N/c11-9(18)7-2-1-6-8(5-3-13-14-4-5)15-10(12)16-17(6)7;7-5-4-6-2-1-3-6/h1-4H,(H2,11,18)(H2,12,16)(H,13,14);6H,1-4H2. The van der Waals surface area contributed by atoms with Crippen molar-refractivity contribution in [1.82, 2.24) is 24.8 Å². The predicted molar refractivity (Wildman–Crippen MR) is 91.1 cm³/mol. The summed E-state index contributed by atoms with van der Waals surface area (Å²) in [6.07, 6.45) is 8.03. The summed E-state index contributed by atoms with van der Waals surface area (Å²) in [7, 11) is 0. The lowest BCUT2D eigenvalue weighted by Crippen LogP contribution is -2.16. The molecule has 0 radical (unpaired) electrons. The minimum Gasteiger partial charge on any atom is -0.367 e. The van der Waals surface area contributed by atoms with Crippen LogP contribution in [0.15, 0.2) is 24.5 Å². The first kappa shape index (κ1) is 16.4. The van der Waals surface area contributed by atoms with E-state index in [0.29, 0.717) is 11.2 Å². The van der Waals surface area contributed by atoms with Gasteiger partial charge in [-0.2, -0.15) is 10.4 Å². The molecule has 25 heavy (non-hydrogen) atoms. The van der Waals surface area contributed by atoms with Gasteiger partial charge in [0.2, 0.25) is 5.95 Å². The van der Waals surface area contributed by atoms with Crippen LogP contribution in [0.4, 0.5) is 5.95 Å². The van der Waals surface area contributed by atoms with Crippen molar-refractivity contribution in [3.63, 3.8) is 0 Å². The zero-order valence-electron chi connectivity index (χ0n) is 13.5. The molecule has 1 amide bonds. The van der Waals surface area contributed by atoms with E-state index in [9.17, 15) is 4.79 Å². The van der Waals surface area contributed by atoms with Crippen molar-refractivity contribution in [1.29, 1.82) is 5.26 Å². The molecule has 0 atom stereocenters. The number of rotatable bonds is 3. The molecule has 9 nitrogen and oxygen atoms in total. The summed E-state index contributed by atoms with van der Waals surface area (Å²) < 4.78 is 1.38. The molecule has 0 aromatic carbocycles. The molecule has 1 fully saturated rings. The summed E-state index contributed by atoms with van der Waals surface area (Å²) in [5, 5.41) is 18.7. The molecule has 0 spiro atoms. The van der Waals surface area contributed by atoms with Gasteiger partial charge in [-0.15, -0.1) is 5.10 Å². The zero-order valence-corrected chi connectivity index (χ0v) is 13.5. The number of nitrogens with one attached hydrogen (secondary N) is 1. The van der Waals surface area contributed by atoms with Crippen molar-refractivity contribution in [3.05, 3.63) is 30.2 Å². The third-order valence-corrected chi connectivity index (χ3v) is 4.16. The van der Waals surface area contributed by atoms with Gasteiger partial charge in [0.25, 0.3) is 5.91 Å². The van der Waals surface area contributed by atoms with E-state index in [-0.39, 0.29) is 11.6 Å². The van der Waals surface area contributed by atoms with Gasteiger partial charge in [0.05, 0.1) is 17.8 Å². The van der Waals surface area contributed by atoms with Gasteiger partial charge in [0, 0.05) is 18.2 Å². The highest BCUT2D eigenvalue weighted by molar-refractivity contribution is 5.93. The van der Waals surface area contributed by atoms with E-state index in [1.165, 1.54) is 23.8 Å². The molecule has 0 saturated heterocycles. The SMILES string of the molecule is N#CCC1CCC1.NC(=O)c1ccc2c(-c3cn[nH]c3)nc(N)nn12. The van der Waals surface area contributed by atoms with Crippen molar-refractivity contribution >= 4 is 17.4 Å². The highest BCUT2D eigenvalue weighted by Crippen LogP contribution is 2.28. The second kappa shape index (κ2) is 7.00. The maximum atomic E-state index is 11.3. The molecule has 3 aromatic heterocycles. The lowest BCUT2D eigenvalue weighted by molar-refractivity contribution is 0.0994. The van der Waals surface area contributed by atoms with Gasteiger partial charge in [-0.25, -0.2) is 9.50 Å². The average molecular weight is 338 g/mol. The number of carbonyl (C=O) groups excluding carboxylic acids is 1. The number of anilines is 1. The second-order valence-corrected chi connectivity index (χ2v) is 5.84. The van der Waals surface area contributed by atoms with Gasteiger partial charge < -0.3 is 11.5 Å². The zero-order chi connectivity index (χ0) is 17.8. The molecule has 1 aliphatic carbocycles. The van der Waals surface area contributed by atoms with Crippen LogP contribution in [0.2, 0.25) is 0 Å². The summed E-state index contributed by atoms with van der Waals surface area (Å²) in [6, 6.07) is 5.46. The average Bonchev–Trinajstić information content (AvgIpc) is 3.20. The fraction of sp³-hybridized carbons (Fsp3) is 0.312. The summed E-state index contributed by atoms with van der Waals surface area (Å²) in [5.41, 5.74) is 13.1. The van der Waals surface area contributed by atoms with Gasteiger partial charge in [0.1, 0.15) is 11.4 Å². The Kier molecular flexibility index (Phi) is 4.61. The lowest BCUT2D eigenvalue weighted by Gasteiger charge is -2.21. The second-order valence-electron chi connectivity index (χ2n) is 5.84. The van der Waals surface area contributed by atoms with Crippen LogP contribution in [0, 0.1) is 17.2 Å². The molecule has 3 aromatic rings. The number of H-pyrrole nitrogens is 1. The molecule has 1 saturated carbocycles. The van der Waals surface area contributed by atoms with Crippen molar-refractivity contribution in [2.45, 2.75) is 25.7 Å².